The molecule has 5 heteroatoms. The number of amides is 1. The minimum Gasteiger partial charge on any atom is -0.467 e. The first-order valence-corrected chi connectivity index (χ1v) is 6.87. The van der Waals surface area contributed by atoms with Gasteiger partial charge >= 0.3 is 0 Å². The van der Waals surface area contributed by atoms with Gasteiger partial charge in [-0.3, -0.25) is 4.79 Å². The maximum absolute atomic E-state index is 12.2. The van der Waals surface area contributed by atoms with Crippen LogP contribution in [-0.2, 0) is 0 Å². The van der Waals surface area contributed by atoms with Gasteiger partial charge in [-0.2, -0.15) is 0 Å². The first kappa shape index (κ1) is 14.6. The van der Waals surface area contributed by atoms with E-state index in [0.717, 1.165) is 5.69 Å². The smallest absolute Gasteiger partial charge is 0.252 e. The molecule has 1 unspecified atom stereocenters. The molecule has 1 atom stereocenters. The van der Waals surface area contributed by atoms with Gasteiger partial charge in [-0.1, -0.05) is 25.4 Å². The molecule has 1 amide bonds. The van der Waals surface area contributed by atoms with Crippen LogP contribution >= 0.6 is 11.6 Å². The van der Waals surface area contributed by atoms with Crippen molar-refractivity contribution in [1.82, 2.24) is 10.3 Å². The molecular formula is C15H17ClN2O2. The van der Waals surface area contributed by atoms with Crippen molar-refractivity contribution in [3.63, 3.8) is 0 Å². The molecule has 2 aromatic heterocycles. The first-order chi connectivity index (χ1) is 9.47. The summed E-state index contributed by atoms with van der Waals surface area (Å²) >= 11 is 5.96. The molecule has 0 bridgehead atoms. The van der Waals surface area contributed by atoms with Crippen LogP contribution in [0, 0.1) is 0 Å². The fourth-order valence-electron chi connectivity index (χ4n) is 1.83. The molecular weight excluding hydrogens is 276 g/mol. The SMILES string of the molecule is CC(C)c1cc(C(=O)NC(C)c2ccco2)cc(Cl)n1. The monoisotopic (exact) mass is 292 g/mol. The molecule has 106 valence electrons. The van der Waals surface area contributed by atoms with E-state index in [4.69, 9.17) is 16.0 Å². The molecule has 20 heavy (non-hydrogen) atoms. The number of halogens is 1. The lowest BCUT2D eigenvalue weighted by Gasteiger charge is -2.13. The highest BCUT2D eigenvalue weighted by Crippen LogP contribution is 2.19. The van der Waals surface area contributed by atoms with E-state index in [9.17, 15) is 4.79 Å². The zero-order valence-electron chi connectivity index (χ0n) is 11.7. The molecule has 0 saturated carbocycles. The molecule has 2 rings (SSSR count). The molecule has 0 aromatic carbocycles. The summed E-state index contributed by atoms with van der Waals surface area (Å²) in [6.07, 6.45) is 1.58. The van der Waals surface area contributed by atoms with E-state index in [2.05, 4.69) is 10.3 Å². The van der Waals surface area contributed by atoms with Crippen LogP contribution in [0.25, 0.3) is 0 Å². The van der Waals surface area contributed by atoms with Gasteiger partial charge in [0.05, 0.1) is 12.3 Å². The molecule has 0 radical (unpaired) electrons. The van der Waals surface area contributed by atoms with E-state index in [1.807, 2.05) is 26.8 Å². The minimum atomic E-state index is -0.202. The van der Waals surface area contributed by atoms with Gasteiger partial charge in [0.15, 0.2) is 0 Å². The third kappa shape index (κ3) is 3.39. The van der Waals surface area contributed by atoms with Crippen molar-refractivity contribution in [3.05, 3.63) is 52.7 Å². The predicted octanol–water partition coefficient (Wildman–Crippen LogP) is 3.94. The van der Waals surface area contributed by atoms with E-state index >= 15 is 0 Å². The van der Waals surface area contributed by atoms with Crippen molar-refractivity contribution in [2.75, 3.05) is 0 Å². The summed E-state index contributed by atoms with van der Waals surface area (Å²) in [5, 5.41) is 3.20. The molecule has 2 aromatic rings. The van der Waals surface area contributed by atoms with Crippen LogP contribution in [0.15, 0.2) is 34.9 Å². The van der Waals surface area contributed by atoms with Gasteiger partial charge in [0.25, 0.3) is 5.91 Å². The van der Waals surface area contributed by atoms with Gasteiger partial charge in [-0.15, -0.1) is 0 Å². The Balaban J connectivity index is 2.17. The fourth-order valence-corrected chi connectivity index (χ4v) is 2.05. The molecule has 0 spiro atoms. The highest BCUT2D eigenvalue weighted by atomic mass is 35.5. The number of aromatic nitrogens is 1. The van der Waals surface area contributed by atoms with Gasteiger partial charge in [-0.05, 0) is 37.1 Å². The third-order valence-corrected chi connectivity index (χ3v) is 3.18. The van der Waals surface area contributed by atoms with Crippen LogP contribution in [0.2, 0.25) is 5.15 Å². The minimum absolute atomic E-state index is 0.194. The van der Waals surface area contributed by atoms with Crippen molar-refractivity contribution < 1.29 is 9.21 Å². The van der Waals surface area contributed by atoms with Crippen molar-refractivity contribution in [2.24, 2.45) is 0 Å². The predicted molar refractivity (Wildman–Crippen MR) is 77.9 cm³/mol. The summed E-state index contributed by atoms with van der Waals surface area (Å²) in [6, 6.07) is 6.74. The number of nitrogens with one attached hydrogen (secondary N) is 1. The average molecular weight is 293 g/mol. The molecule has 2 heterocycles. The molecule has 0 aliphatic carbocycles. The second-order valence-electron chi connectivity index (χ2n) is 4.97. The van der Waals surface area contributed by atoms with E-state index in [1.165, 1.54) is 0 Å². The number of rotatable bonds is 4. The Kier molecular flexibility index (Phi) is 4.45. The van der Waals surface area contributed by atoms with Gasteiger partial charge in [-0.25, -0.2) is 4.98 Å². The zero-order chi connectivity index (χ0) is 14.7. The van der Waals surface area contributed by atoms with Gasteiger partial charge in [0.2, 0.25) is 0 Å². The Hall–Kier alpha value is -1.81. The number of hydrogen-bond acceptors (Lipinski definition) is 3. The lowest BCUT2D eigenvalue weighted by Crippen LogP contribution is -2.26. The Labute approximate surface area is 123 Å². The summed E-state index contributed by atoms with van der Waals surface area (Å²) in [5.74, 6) is 0.727. The standard InChI is InChI=1S/C15H17ClN2O2/c1-9(2)12-7-11(8-14(16)18-12)15(19)17-10(3)13-5-4-6-20-13/h4-10H,1-3H3,(H,17,19). The van der Waals surface area contributed by atoms with E-state index in [1.54, 1.807) is 24.5 Å². The molecule has 0 fully saturated rings. The fraction of sp³-hybridized carbons (Fsp3) is 0.333. The number of pyridine rings is 1. The summed E-state index contributed by atoms with van der Waals surface area (Å²) in [7, 11) is 0. The van der Waals surface area contributed by atoms with Crippen molar-refractivity contribution >= 4 is 17.5 Å². The van der Waals surface area contributed by atoms with E-state index in [-0.39, 0.29) is 17.9 Å². The van der Waals surface area contributed by atoms with Crippen LogP contribution < -0.4 is 5.32 Å². The zero-order valence-corrected chi connectivity index (χ0v) is 12.4. The summed E-state index contributed by atoms with van der Waals surface area (Å²) in [6.45, 7) is 5.88. The first-order valence-electron chi connectivity index (χ1n) is 6.49. The largest absolute Gasteiger partial charge is 0.467 e. The van der Waals surface area contributed by atoms with Gasteiger partial charge in [0, 0.05) is 11.3 Å². The van der Waals surface area contributed by atoms with Crippen LogP contribution in [0.1, 0.15) is 54.5 Å². The Bertz CT molecular complexity index is 594. The highest BCUT2D eigenvalue weighted by molar-refractivity contribution is 6.29. The topological polar surface area (TPSA) is 55.1 Å². The Morgan fingerprint density at radius 1 is 1.35 bits per heavy atom. The molecule has 0 saturated heterocycles. The van der Waals surface area contributed by atoms with Crippen LogP contribution in [0.3, 0.4) is 0 Å². The van der Waals surface area contributed by atoms with Crippen LogP contribution in [0.5, 0.6) is 0 Å². The number of hydrogen-bond donors (Lipinski definition) is 1. The van der Waals surface area contributed by atoms with Crippen LogP contribution in [-0.4, -0.2) is 10.9 Å². The number of nitrogens with zero attached hydrogens (tertiary/aromatic N) is 1. The van der Waals surface area contributed by atoms with Gasteiger partial charge in [0.1, 0.15) is 10.9 Å². The highest BCUT2D eigenvalue weighted by Gasteiger charge is 2.15. The molecule has 0 aliphatic rings. The second-order valence-corrected chi connectivity index (χ2v) is 5.36. The Morgan fingerprint density at radius 2 is 2.10 bits per heavy atom. The number of furan rings is 1. The van der Waals surface area contributed by atoms with Crippen molar-refractivity contribution in [2.45, 2.75) is 32.7 Å². The number of carbonyl (C=O) groups excluding carboxylic acids is 1. The van der Waals surface area contributed by atoms with E-state index in [0.29, 0.717) is 16.5 Å². The quantitative estimate of drug-likeness (QED) is 0.868. The molecule has 4 nitrogen and oxygen atoms in total. The lowest BCUT2D eigenvalue weighted by atomic mass is 10.1. The maximum atomic E-state index is 12.2. The average Bonchev–Trinajstić information content (AvgIpc) is 2.91. The number of carbonyl (C=O) groups is 1. The summed E-state index contributed by atoms with van der Waals surface area (Å²) in [5.41, 5.74) is 1.31. The van der Waals surface area contributed by atoms with E-state index < -0.39 is 0 Å². The second kappa shape index (κ2) is 6.09. The third-order valence-electron chi connectivity index (χ3n) is 2.99. The lowest BCUT2D eigenvalue weighted by molar-refractivity contribution is 0.0935. The van der Waals surface area contributed by atoms with Gasteiger partial charge < -0.3 is 9.73 Å². The van der Waals surface area contributed by atoms with Crippen molar-refractivity contribution in [3.8, 4) is 0 Å². The normalized spacial score (nSPS) is 12.4. The summed E-state index contributed by atoms with van der Waals surface area (Å²) in [4.78, 5) is 16.4. The molecule has 0 aliphatic heterocycles. The van der Waals surface area contributed by atoms with Crippen molar-refractivity contribution in [1.29, 1.82) is 0 Å². The van der Waals surface area contributed by atoms with Crippen LogP contribution in [0.4, 0.5) is 0 Å². The molecule has 1 N–H and O–H groups in total. The summed E-state index contributed by atoms with van der Waals surface area (Å²) < 4.78 is 5.26. The Morgan fingerprint density at radius 3 is 2.70 bits per heavy atom. The maximum Gasteiger partial charge on any atom is 0.252 e.